The average molecular weight is 362 g/mol. The topological polar surface area (TPSA) is 6.25 Å². The SMILES string of the molecule is CCC[N+]1=C(C=Cc2ccc(N(CC)CC)cc2)C(C)(C)c2ccccc21. The van der Waals surface area contributed by atoms with Gasteiger partial charge < -0.3 is 4.90 Å². The molecule has 0 atom stereocenters. The molecule has 0 N–H and O–H groups in total. The van der Waals surface area contributed by atoms with Crippen LogP contribution in [0.3, 0.4) is 0 Å². The summed E-state index contributed by atoms with van der Waals surface area (Å²) in [6.45, 7) is 14.5. The van der Waals surface area contributed by atoms with Gasteiger partial charge in [0.15, 0.2) is 5.71 Å². The van der Waals surface area contributed by atoms with E-state index in [4.69, 9.17) is 0 Å². The Bertz CT molecular complexity index is 837. The molecule has 1 aliphatic heterocycles. The summed E-state index contributed by atoms with van der Waals surface area (Å²) >= 11 is 0. The highest BCUT2D eigenvalue weighted by Crippen LogP contribution is 2.40. The van der Waals surface area contributed by atoms with Crippen LogP contribution in [0.2, 0.25) is 0 Å². The van der Waals surface area contributed by atoms with Crippen LogP contribution in [-0.4, -0.2) is 29.9 Å². The van der Waals surface area contributed by atoms with E-state index >= 15 is 0 Å². The Kier molecular flexibility index (Phi) is 5.84. The molecule has 0 bridgehead atoms. The van der Waals surface area contributed by atoms with Gasteiger partial charge in [-0.1, -0.05) is 37.3 Å². The maximum atomic E-state index is 2.50. The Morgan fingerprint density at radius 1 is 0.889 bits per heavy atom. The molecule has 1 heterocycles. The first-order valence-electron chi connectivity index (χ1n) is 10.3. The second-order valence-electron chi connectivity index (χ2n) is 7.78. The van der Waals surface area contributed by atoms with Gasteiger partial charge in [-0.05, 0) is 51.5 Å². The third-order valence-corrected chi connectivity index (χ3v) is 5.70. The van der Waals surface area contributed by atoms with E-state index in [2.05, 4.69) is 105 Å². The van der Waals surface area contributed by atoms with Gasteiger partial charge in [-0.2, -0.15) is 4.58 Å². The average Bonchev–Trinajstić information content (AvgIpc) is 2.90. The summed E-state index contributed by atoms with van der Waals surface area (Å²) in [6.07, 6.45) is 5.72. The monoisotopic (exact) mass is 361 g/mol. The van der Waals surface area contributed by atoms with Crippen LogP contribution in [0.25, 0.3) is 6.08 Å². The number of fused-ring (bicyclic) bond motifs is 1. The Labute approximate surface area is 164 Å². The number of allylic oxidation sites excluding steroid dienone is 1. The molecule has 0 saturated carbocycles. The molecule has 0 aliphatic carbocycles. The van der Waals surface area contributed by atoms with Gasteiger partial charge in [0, 0.05) is 42.9 Å². The molecule has 1 aliphatic rings. The minimum atomic E-state index is 0.0312. The van der Waals surface area contributed by atoms with E-state index < -0.39 is 0 Å². The van der Waals surface area contributed by atoms with Crippen LogP contribution in [0.5, 0.6) is 0 Å². The first-order valence-corrected chi connectivity index (χ1v) is 10.3. The van der Waals surface area contributed by atoms with Crippen LogP contribution in [0.15, 0.2) is 54.6 Å². The number of nitrogens with zero attached hydrogens (tertiary/aromatic N) is 2. The van der Waals surface area contributed by atoms with Crippen molar-refractivity contribution in [1.82, 2.24) is 0 Å². The van der Waals surface area contributed by atoms with Crippen LogP contribution in [-0.2, 0) is 5.41 Å². The third kappa shape index (κ3) is 3.71. The second kappa shape index (κ2) is 8.12. The molecule has 2 nitrogen and oxygen atoms in total. The lowest BCUT2D eigenvalue weighted by Crippen LogP contribution is -2.27. The Balaban J connectivity index is 1.92. The van der Waals surface area contributed by atoms with Gasteiger partial charge in [0.2, 0.25) is 5.69 Å². The summed E-state index contributed by atoms with van der Waals surface area (Å²) in [5, 5.41) is 0. The molecule has 2 aromatic rings. The maximum absolute atomic E-state index is 2.50. The first-order chi connectivity index (χ1) is 13.0. The molecule has 142 valence electrons. The Morgan fingerprint density at radius 3 is 2.19 bits per heavy atom. The highest BCUT2D eigenvalue weighted by molar-refractivity contribution is 6.05. The lowest BCUT2D eigenvalue weighted by Gasteiger charge is -2.20. The van der Waals surface area contributed by atoms with Crippen molar-refractivity contribution in [1.29, 1.82) is 0 Å². The van der Waals surface area contributed by atoms with E-state index in [0.717, 1.165) is 26.1 Å². The van der Waals surface area contributed by atoms with E-state index in [1.807, 2.05) is 0 Å². The van der Waals surface area contributed by atoms with Crippen molar-refractivity contribution in [2.75, 3.05) is 24.5 Å². The van der Waals surface area contributed by atoms with E-state index in [0.29, 0.717) is 0 Å². The zero-order chi connectivity index (χ0) is 19.4. The fraction of sp³-hybridized carbons (Fsp3) is 0.400. The molecule has 0 aromatic heterocycles. The fourth-order valence-electron chi connectivity index (χ4n) is 4.17. The number of hydrogen-bond acceptors (Lipinski definition) is 1. The number of benzene rings is 2. The van der Waals surface area contributed by atoms with E-state index in [9.17, 15) is 0 Å². The van der Waals surface area contributed by atoms with Crippen molar-refractivity contribution >= 4 is 23.2 Å². The predicted octanol–water partition coefficient (Wildman–Crippen LogP) is 6.03. The fourth-order valence-corrected chi connectivity index (χ4v) is 4.17. The number of rotatable bonds is 7. The molecular weight excluding hydrogens is 328 g/mol. The molecule has 0 unspecified atom stereocenters. The highest BCUT2D eigenvalue weighted by atomic mass is 15.1. The van der Waals surface area contributed by atoms with Crippen LogP contribution >= 0.6 is 0 Å². The minimum absolute atomic E-state index is 0.0312. The smallest absolute Gasteiger partial charge is 0.209 e. The summed E-state index contributed by atoms with van der Waals surface area (Å²) < 4.78 is 2.50. The summed E-state index contributed by atoms with van der Waals surface area (Å²) in [7, 11) is 0. The molecule has 0 radical (unpaired) electrons. The van der Waals surface area contributed by atoms with Gasteiger partial charge in [-0.3, -0.25) is 0 Å². The zero-order valence-corrected chi connectivity index (χ0v) is 17.5. The molecule has 0 saturated heterocycles. The molecule has 27 heavy (non-hydrogen) atoms. The highest BCUT2D eigenvalue weighted by Gasteiger charge is 2.43. The summed E-state index contributed by atoms with van der Waals surface area (Å²) in [5.41, 5.74) is 6.76. The molecular formula is C25H33N2+. The van der Waals surface area contributed by atoms with E-state index in [1.54, 1.807) is 0 Å². The summed E-state index contributed by atoms with van der Waals surface area (Å²) in [4.78, 5) is 2.38. The van der Waals surface area contributed by atoms with Gasteiger partial charge in [0.25, 0.3) is 0 Å². The second-order valence-corrected chi connectivity index (χ2v) is 7.78. The summed E-state index contributed by atoms with van der Waals surface area (Å²) in [5.74, 6) is 0. The van der Waals surface area contributed by atoms with Crippen molar-refractivity contribution in [2.45, 2.75) is 46.5 Å². The molecule has 3 rings (SSSR count). The van der Waals surface area contributed by atoms with E-state index in [-0.39, 0.29) is 5.41 Å². The quantitative estimate of drug-likeness (QED) is 0.546. The molecule has 0 fully saturated rings. The normalized spacial score (nSPS) is 15.4. The van der Waals surface area contributed by atoms with Gasteiger partial charge >= 0.3 is 0 Å². The molecule has 0 amide bonds. The van der Waals surface area contributed by atoms with Crippen LogP contribution < -0.4 is 4.90 Å². The van der Waals surface area contributed by atoms with Gasteiger partial charge in [-0.15, -0.1) is 0 Å². The zero-order valence-electron chi connectivity index (χ0n) is 17.5. The van der Waals surface area contributed by atoms with Crippen molar-refractivity contribution in [3.8, 4) is 0 Å². The van der Waals surface area contributed by atoms with Crippen LogP contribution in [0.1, 0.15) is 52.2 Å². The summed E-state index contributed by atoms with van der Waals surface area (Å²) in [6, 6.07) is 17.8. The van der Waals surface area contributed by atoms with E-state index in [1.165, 1.54) is 28.2 Å². The van der Waals surface area contributed by atoms with Crippen molar-refractivity contribution in [3.63, 3.8) is 0 Å². The van der Waals surface area contributed by atoms with Crippen LogP contribution in [0.4, 0.5) is 11.4 Å². The van der Waals surface area contributed by atoms with Crippen molar-refractivity contribution in [3.05, 3.63) is 65.7 Å². The maximum Gasteiger partial charge on any atom is 0.209 e. The van der Waals surface area contributed by atoms with Crippen LogP contribution in [0, 0.1) is 0 Å². The van der Waals surface area contributed by atoms with Crippen molar-refractivity contribution < 1.29 is 4.58 Å². The largest absolute Gasteiger partial charge is 0.372 e. The minimum Gasteiger partial charge on any atom is -0.372 e. The Hall–Kier alpha value is -2.35. The van der Waals surface area contributed by atoms with Crippen molar-refractivity contribution in [2.24, 2.45) is 0 Å². The lowest BCUT2D eigenvalue weighted by atomic mass is 9.81. The first kappa shape index (κ1) is 19.4. The molecule has 2 aromatic carbocycles. The van der Waals surface area contributed by atoms with Gasteiger partial charge in [-0.25, -0.2) is 0 Å². The third-order valence-electron chi connectivity index (χ3n) is 5.70. The van der Waals surface area contributed by atoms with Gasteiger partial charge in [0.05, 0.1) is 5.41 Å². The van der Waals surface area contributed by atoms with Gasteiger partial charge in [0.1, 0.15) is 6.54 Å². The number of para-hydroxylation sites is 1. The molecule has 0 spiro atoms. The standard InChI is InChI=1S/C25H33N2/c1-6-19-27-23-12-10-9-11-22(23)25(4,5)24(27)18-15-20-13-16-21(17-14-20)26(7-2)8-3/h9-18H,6-8,19H2,1-5H3/q+1. The number of anilines is 1. The predicted molar refractivity (Wildman–Crippen MR) is 119 cm³/mol. The molecule has 2 heteroatoms. The lowest BCUT2D eigenvalue weighted by molar-refractivity contribution is -0.437. The number of hydrogen-bond donors (Lipinski definition) is 0. The Morgan fingerprint density at radius 2 is 1.56 bits per heavy atom.